The highest BCUT2D eigenvalue weighted by molar-refractivity contribution is 5.89. The van der Waals surface area contributed by atoms with Gasteiger partial charge in [0.1, 0.15) is 11.6 Å². The molecule has 2 saturated heterocycles. The van der Waals surface area contributed by atoms with E-state index in [2.05, 4.69) is 12.2 Å². The molecule has 0 aromatic rings. The number of ether oxygens (including phenoxy) is 2. The SMILES string of the molecule is CC[C@@H]1C[C@H]1NC(=O)C1N(C(=O)OC(C)(C)C)CC12CCOCC2. The minimum absolute atomic E-state index is 0.0186. The summed E-state index contributed by atoms with van der Waals surface area (Å²) in [4.78, 5) is 27.0. The number of hydrogen-bond donors (Lipinski definition) is 1. The lowest BCUT2D eigenvalue weighted by Gasteiger charge is -2.57. The maximum atomic E-state index is 12.9. The van der Waals surface area contributed by atoms with E-state index in [-0.39, 0.29) is 23.5 Å². The molecule has 3 rings (SSSR count). The van der Waals surface area contributed by atoms with Crippen molar-refractivity contribution < 1.29 is 19.1 Å². The van der Waals surface area contributed by atoms with Gasteiger partial charge in [-0.2, -0.15) is 0 Å². The van der Waals surface area contributed by atoms with E-state index in [0.717, 1.165) is 25.7 Å². The zero-order valence-electron chi connectivity index (χ0n) is 15.3. The Balaban J connectivity index is 1.70. The van der Waals surface area contributed by atoms with Crippen molar-refractivity contribution in [1.82, 2.24) is 10.2 Å². The highest BCUT2D eigenvalue weighted by atomic mass is 16.6. The van der Waals surface area contributed by atoms with Crippen LogP contribution in [0.2, 0.25) is 0 Å². The quantitative estimate of drug-likeness (QED) is 0.857. The zero-order valence-corrected chi connectivity index (χ0v) is 15.3. The van der Waals surface area contributed by atoms with E-state index < -0.39 is 11.6 Å². The predicted octanol–water partition coefficient (Wildman–Crippen LogP) is 2.32. The van der Waals surface area contributed by atoms with Crippen molar-refractivity contribution in [3.05, 3.63) is 0 Å². The zero-order chi connectivity index (χ0) is 17.5. The molecule has 3 atom stereocenters. The van der Waals surface area contributed by atoms with Crippen molar-refractivity contribution in [1.29, 1.82) is 0 Å². The van der Waals surface area contributed by atoms with E-state index in [1.807, 2.05) is 20.8 Å². The third-order valence-electron chi connectivity index (χ3n) is 5.52. The van der Waals surface area contributed by atoms with Crippen molar-refractivity contribution in [3.8, 4) is 0 Å². The highest BCUT2D eigenvalue weighted by Gasteiger charge is 2.59. The molecule has 2 aliphatic heterocycles. The van der Waals surface area contributed by atoms with Crippen molar-refractivity contribution >= 4 is 12.0 Å². The molecule has 0 bridgehead atoms. The molecule has 6 nitrogen and oxygen atoms in total. The molecule has 1 saturated carbocycles. The number of hydrogen-bond acceptors (Lipinski definition) is 4. The van der Waals surface area contributed by atoms with Crippen LogP contribution in [0.15, 0.2) is 0 Å². The molecule has 1 spiro atoms. The second-order valence-corrected chi connectivity index (χ2v) is 8.50. The Morgan fingerprint density at radius 3 is 2.50 bits per heavy atom. The first-order valence-corrected chi connectivity index (χ1v) is 9.13. The summed E-state index contributed by atoms with van der Waals surface area (Å²) in [6, 6.07) is -0.144. The van der Waals surface area contributed by atoms with Crippen LogP contribution in [0.25, 0.3) is 0 Å². The van der Waals surface area contributed by atoms with Crippen LogP contribution in [-0.2, 0) is 14.3 Å². The van der Waals surface area contributed by atoms with Crippen molar-refractivity contribution in [3.63, 3.8) is 0 Å². The largest absolute Gasteiger partial charge is 0.444 e. The van der Waals surface area contributed by atoms with E-state index in [4.69, 9.17) is 9.47 Å². The number of carbonyl (C=O) groups is 2. The van der Waals surface area contributed by atoms with Crippen molar-refractivity contribution in [2.24, 2.45) is 11.3 Å². The summed E-state index contributed by atoms with van der Waals surface area (Å²) in [6.45, 7) is 9.60. The smallest absolute Gasteiger partial charge is 0.411 e. The molecule has 0 aromatic carbocycles. The summed E-state index contributed by atoms with van der Waals surface area (Å²) in [6.07, 6.45) is 3.41. The van der Waals surface area contributed by atoms with Gasteiger partial charge in [-0.25, -0.2) is 4.79 Å². The molecule has 1 unspecified atom stereocenters. The van der Waals surface area contributed by atoms with Crippen LogP contribution in [-0.4, -0.2) is 54.3 Å². The van der Waals surface area contributed by atoms with E-state index in [1.54, 1.807) is 4.90 Å². The van der Waals surface area contributed by atoms with Gasteiger partial charge in [-0.15, -0.1) is 0 Å². The highest BCUT2D eigenvalue weighted by Crippen LogP contribution is 2.47. The van der Waals surface area contributed by atoms with Gasteiger partial charge in [0.05, 0.1) is 0 Å². The fourth-order valence-corrected chi connectivity index (χ4v) is 3.99. The lowest BCUT2D eigenvalue weighted by atomic mass is 9.66. The molecule has 0 aromatic heterocycles. The van der Waals surface area contributed by atoms with Crippen molar-refractivity contribution in [2.45, 2.75) is 71.1 Å². The molecular weight excluding hydrogens is 308 g/mol. The van der Waals surface area contributed by atoms with Gasteiger partial charge in [-0.3, -0.25) is 9.69 Å². The van der Waals surface area contributed by atoms with Gasteiger partial charge >= 0.3 is 6.09 Å². The first-order valence-electron chi connectivity index (χ1n) is 9.13. The fourth-order valence-electron chi connectivity index (χ4n) is 3.99. The first kappa shape index (κ1) is 17.5. The van der Waals surface area contributed by atoms with Crippen LogP contribution in [0, 0.1) is 11.3 Å². The molecule has 24 heavy (non-hydrogen) atoms. The topological polar surface area (TPSA) is 67.9 Å². The standard InChI is InChI=1S/C18H30N2O4/c1-5-12-10-13(12)19-15(21)14-18(6-8-23-9-7-18)11-20(14)16(22)24-17(2,3)4/h12-14H,5-11H2,1-4H3,(H,19,21)/t12-,13-,14?/m1/s1. The molecule has 1 aliphatic carbocycles. The van der Waals surface area contributed by atoms with Gasteiger partial charge in [0.25, 0.3) is 0 Å². The van der Waals surface area contributed by atoms with Gasteiger partial charge in [0.15, 0.2) is 0 Å². The Morgan fingerprint density at radius 2 is 1.96 bits per heavy atom. The lowest BCUT2D eigenvalue weighted by molar-refractivity contribution is -0.159. The minimum atomic E-state index is -0.555. The minimum Gasteiger partial charge on any atom is -0.444 e. The van der Waals surface area contributed by atoms with Gasteiger partial charge in [0.2, 0.25) is 5.91 Å². The summed E-state index contributed by atoms with van der Waals surface area (Å²) in [5.74, 6) is 0.574. The second-order valence-electron chi connectivity index (χ2n) is 8.50. The summed E-state index contributed by atoms with van der Waals surface area (Å²) in [5.41, 5.74) is -0.698. The third kappa shape index (κ3) is 3.39. The Labute approximate surface area is 144 Å². The maximum absolute atomic E-state index is 12.9. The van der Waals surface area contributed by atoms with Crippen LogP contribution in [0.3, 0.4) is 0 Å². The Morgan fingerprint density at radius 1 is 1.29 bits per heavy atom. The summed E-state index contributed by atoms with van der Waals surface area (Å²) >= 11 is 0. The average molecular weight is 338 g/mol. The molecular formula is C18H30N2O4. The third-order valence-corrected chi connectivity index (χ3v) is 5.52. The van der Waals surface area contributed by atoms with Crippen LogP contribution in [0.4, 0.5) is 4.79 Å². The normalized spacial score (nSPS) is 31.3. The number of amides is 2. The monoisotopic (exact) mass is 338 g/mol. The molecule has 2 heterocycles. The fraction of sp³-hybridized carbons (Fsp3) is 0.889. The van der Waals surface area contributed by atoms with E-state index in [0.29, 0.717) is 25.7 Å². The molecule has 6 heteroatoms. The lowest BCUT2D eigenvalue weighted by Crippen LogP contribution is -2.72. The van der Waals surface area contributed by atoms with Gasteiger partial charge < -0.3 is 14.8 Å². The molecule has 2 amide bonds. The number of likely N-dealkylation sites (tertiary alicyclic amines) is 1. The Kier molecular flexibility index (Phi) is 4.53. The predicted molar refractivity (Wildman–Crippen MR) is 89.5 cm³/mol. The maximum Gasteiger partial charge on any atom is 0.411 e. The molecule has 0 radical (unpaired) electrons. The van der Waals surface area contributed by atoms with E-state index in [1.165, 1.54) is 0 Å². The van der Waals surface area contributed by atoms with E-state index >= 15 is 0 Å². The van der Waals surface area contributed by atoms with Crippen LogP contribution in [0.5, 0.6) is 0 Å². The summed E-state index contributed by atoms with van der Waals surface area (Å²) < 4.78 is 11.0. The Bertz CT molecular complexity index is 508. The van der Waals surface area contributed by atoms with Crippen LogP contribution >= 0.6 is 0 Å². The van der Waals surface area contributed by atoms with Gasteiger partial charge in [-0.05, 0) is 46.0 Å². The molecule has 3 aliphatic rings. The van der Waals surface area contributed by atoms with Gasteiger partial charge in [0, 0.05) is 31.2 Å². The molecule has 3 fully saturated rings. The second kappa shape index (κ2) is 6.21. The van der Waals surface area contributed by atoms with Crippen LogP contribution < -0.4 is 5.32 Å². The van der Waals surface area contributed by atoms with Crippen molar-refractivity contribution in [2.75, 3.05) is 19.8 Å². The molecule has 1 N–H and O–H groups in total. The number of rotatable bonds is 3. The summed E-state index contributed by atoms with van der Waals surface area (Å²) in [7, 11) is 0. The average Bonchev–Trinajstić information content (AvgIpc) is 3.22. The number of nitrogens with zero attached hydrogens (tertiary/aromatic N) is 1. The van der Waals surface area contributed by atoms with Crippen LogP contribution in [0.1, 0.15) is 53.4 Å². The number of carbonyl (C=O) groups excluding carboxylic acids is 2. The van der Waals surface area contributed by atoms with E-state index in [9.17, 15) is 9.59 Å². The number of nitrogens with one attached hydrogen (secondary N) is 1. The first-order chi connectivity index (χ1) is 11.3. The molecule has 136 valence electrons. The summed E-state index contributed by atoms with van der Waals surface area (Å²) in [5, 5.41) is 3.15. The van der Waals surface area contributed by atoms with Gasteiger partial charge in [-0.1, -0.05) is 13.3 Å². The Hall–Kier alpha value is -1.30.